The molecule has 0 rings (SSSR count). The number of phosphoric acid groups is 1. The van der Waals surface area contributed by atoms with Gasteiger partial charge in [-0.3, -0.25) is 23.4 Å². The summed E-state index contributed by atoms with van der Waals surface area (Å²) in [6.45, 7) is 4.55. The van der Waals surface area contributed by atoms with Crippen molar-refractivity contribution in [3.05, 3.63) is 48.6 Å². The minimum atomic E-state index is -4.75. The highest BCUT2D eigenvalue weighted by molar-refractivity contribution is 7.47. The SMILES string of the molecule is CC/C=C\C/C=C\C/C=C\CCCCCCCC(=O)OC(CO)COP(=O)(O)OCC(COC(=O)CCCCCCCCCCCCCCCCC)OC(=O)CCCCCCCCC/C=C\CCCCCCCC. The third-order valence-corrected chi connectivity index (χ3v) is 14.2. The van der Waals surface area contributed by atoms with Crippen LogP contribution in [0.15, 0.2) is 48.6 Å². The number of carbonyl (C=O) groups excluding carboxylic acids is 3. The molecule has 2 N–H and O–H groups in total. The van der Waals surface area contributed by atoms with Gasteiger partial charge in [-0.2, -0.15) is 0 Å². The summed E-state index contributed by atoms with van der Waals surface area (Å²) in [7, 11) is -4.75. The summed E-state index contributed by atoms with van der Waals surface area (Å²) in [6, 6.07) is 0. The molecule has 0 aliphatic heterocycles. The fourth-order valence-corrected chi connectivity index (χ4v) is 9.39. The second kappa shape index (κ2) is 56.6. The lowest BCUT2D eigenvalue weighted by Crippen LogP contribution is -2.30. The van der Waals surface area contributed by atoms with E-state index in [0.29, 0.717) is 19.3 Å². The van der Waals surface area contributed by atoms with Crippen molar-refractivity contribution in [2.24, 2.45) is 0 Å². The summed E-state index contributed by atoms with van der Waals surface area (Å²) >= 11 is 0. The van der Waals surface area contributed by atoms with E-state index in [1.807, 2.05) is 0 Å². The van der Waals surface area contributed by atoms with Crippen LogP contribution in [-0.2, 0) is 42.2 Å². The van der Waals surface area contributed by atoms with Crippen LogP contribution in [0.1, 0.15) is 290 Å². The molecule has 0 aliphatic rings. The molecule has 0 fully saturated rings. The zero-order valence-corrected chi connectivity index (χ0v) is 48.7. The van der Waals surface area contributed by atoms with Gasteiger partial charge in [0.2, 0.25) is 0 Å². The molecule has 0 spiro atoms. The summed E-state index contributed by atoms with van der Waals surface area (Å²) in [6.07, 6.45) is 60.6. The van der Waals surface area contributed by atoms with Gasteiger partial charge in [-0.25, -0.2) is 4.57 Å². The maximum absolute atomic E-state index is 12.9. The van der Waals surface area contributed by atoms with Gasteiger partial charge in [0, 0.05) is 19.3 Å². The van der Waals surface area contributed by atoms with Crippen LogP contribution in [0.3, 0.4) is 0 Å². The Balaban J connectivity index is 4.70. The molecule has 3 unspecified atom stereocenters. The van der Waals surface area contributed by atoms with E-state index >= 15 is 0 Å². The van der Waals surface area contributed by atoms with Crippen LogP contribution in [0.25, 0.3) is 0 Å². The molecule has 0 heterocycles. The Kier molecular flexibility index (Phi) is 54.7. The van der Waals surface area contributed by atoms with Crippen molar-refractivity contribution in [3.8, 4) is 0 Å². The van der Waals surface area contributed by atoms with E-state index < -0.39 is 57.8 Å². The first kappa shape index (κ1) is 71.4. The molecule has 0 aromatic carbocycles. The van der Waals surface area contributed by atoms with Gasteiger partial charge < -0.3 is 24.2 Å². The second-order valence-corrected chi connectivity index (χ2v) is 21.9. The van der Waals surface area contributed by atoms with Gasteiger partial charge in [0.05, 0.1) is 19.8 Å². The van der Waals surface area contributed by atoms with Crippen molar-refractivity contribution in [2.75, 3.05) is 26.4 Å². The number of unbranched alkanes of at least 4 members (excludes halogenated alkanes) is 32. The van der Waals surface area contributed by atoms with Crippen LogP contribution in [0, 0.1) is 0 Å². The number of phosphoric ester groups is 1. The van der Waals surface area contributed by atoms with Gasteiger partial charge in [-0.1, -0.05) is 243 Å². The van der Waals surface area contributed by atoms with Crippen molar-refractivity contribution in [2.45, 2.75) is 303 Å². The normalized spacial score (nSPS) is 13.6. The lowest BCUT2D eigenvalue weighted by molar-refractivity contribution is -0.161. The van der Waals surface area contributed by atoms with Crippen molar-refractivity contribution >= 4 is 25.7 Å². The molecular weight excluding hydrogens is 952 g/mol. The Morgan fingerprint density at radius 3 is 1.09 bits per heavy atom. The van der Waals surface area contributed by atoms with E-state index in [1.54, 1.807) is 0 Å². The number of carbonyl (C=O) groups is 3. The molecule has 3 atom stereocenters. The molecule has 12 heteroatoms. The Hall–Kier alpha value is -2.56. The maximum atomic E-state index is 12.9. The number of rotatable bonds is 57. The summed E-state index contributed by atoms with van der Waals surface area (Å²) in [5.74, 6) is -1.47. The molecule has 0 radical (unpaired) electrons. The van der Waals surface area contributed by atoms with Gasteiger partial charge in [-0.05, 0) is 77.0 Å². The van der Waals surface area contributed by atoms with Crippen LogP contribution in [-0.4, -0.2) is 66.5 Å². The molecule has 11 nitrogen and oxygen atoms in total. The van der Waals surface area contributed by atoms with Crippen molar-refractivity contribution in [1.29, 1.82) is 0 Å². The minimum Gasteiger partial charge on any atom is -0.462 e. The zero-order valence-electron chi connectivity index (χ0n) is 47.8. The zero-order chi connectivity index (χ0) is 54.1. The molecular formula is C62H113O11P. The van der Waals surface area contributed by atoms with E-state index in [0.717, 1.165) is 96.3 Å². The first-order valence-corrected chi connectivity index (χ1v) is 32.0. The molecule has 0 saturated heterocycles. The van der Waals surface area contributed by atoms with E-state index in [2.05, 4.69) is 69.4 Å². The van der Waals surface area contributed by atoms with E-state index in [1.165, 1.54) is 135 Å². The molecule has 0 amide bonds. The first-order chi connectivity index (χ1) is 36.2. The highest BCUT2D eigenvalue weighted by Gasteiger charge is 2.28. The highest BCUT2D eigenvalue weighted by atomic mass is 31.2. The van der Waals surface area contributed by atoms with Crippen LogP contribution in [0.2, 0.25) is 0 Å². The fourth-order valence-electron chi connectivity index (χ4n) is 8.60. The van der Waals surface area contributed by atoms with Crippen LogP contribution < -0.4 is 0 Å². The van der Waals surface area contributed by atoms with Crippen molar-refractivity contribution in [3.63, 3.8) is 0 Å². The van der Waals surface area contributed by atoms with Gasteiger partial charge in [-0.15, -0.1) is 0 Å². The summed E-state index contributed by atoms with van der Waals surface area (Å²) < 4.78 is 39.6. The predicted octanol–water partition coefficient (Wildman–Crippen LogP) is 18.1. The van der Waals surface area contributed by atoms with E-state index in [9.17, 15) is 28.9 Å². The monoisotopic (exact) mass is 1060 g/mol. The smallest absolute Gasteiger partial charge is 0.462 e. The molecule has 0 aromatic heterocycles. The number of hydrogen-bond donors (Lipinski definition) is 2. The Labute approximate surface area is 453 Å². The number of esters is 3. The second-order valence-electron chi connectivity index (χ2n) is 20.5. The van der Waals surface area contributed by atoms with Crippen LogP contribution >= 0.6 is 7.82 Å². The van der Waals surface area contributed by atoms with Gasteiger partial charge in [0.15, 0.2) is 6.10 Å². The summed E-state index contributed by atoms with van der Waals surface area (Å²) in [5.41, 5.74) is 0. The number of allylic oxidation sites excluding steroid dienone is 8. The number of aliphatic hydroxyl groups is 1. The van der Waals surface area contributed by atoms with Crippen molar-refractivity contribution in [1.82, 2.24) is 0 Å². The van der Waals surface area contributed by atoms with Crippen LogP contribution in [0.4, 0.5) is 0 Å². The lowest BCUT2D eigenvalue weighted by atomic mass is 10.0. The highest BCUT2D eigenvalue weighted by Crippen LogP contribution is 2.43. The quantitative estimate of drug-likeness (QED) is 0.0197. The maximum Gasteiger partial charge on any atom is 0.472 e. The Bertz CT molecular complexity index is 1430. The summed E-state index contributed by atoms with van der Waals surface area (Å²) in [5, 5.41) is 9.82. The average molecular weight is 1070 g/mol. The number of ether oxygens (including phenoxy) is 3. The fraction of sp³-hybridized carbons (Fsp3) is 0.823. The van der Waals surface area contributed by atoms with Crippen molar-refractivity contribution < 1.29 is 52.2 Å². The molecule has 0 aromatic rings. The number of aliphatic hydroxyl groups excluding tert-OH is 1. The standard InChI is InChI=1S/C62H113O11P/c1-4-7-10-13-16-19-22-25-28-29-32-35-38-41-44-47-50-53-62(66)73-59(55-69-60(64)51-48-45-42-39-36-33-30-26-23-20-17-14-11-8-5-2)57-71-74(67,68)70-56-58(54-63)72-61(65)52-49-46-43-40-37-34-31-27-24-21-18-15-12-9-6-3/h9,12,18,21,25,27-28,31,58-59,63H,4-8,10-11,13-17,19-20,22-24,26,29-30,32-57H2,1-3H3,(H,67,68)/b12-9-,21-18-,28-25-,31-27-. The molecule has 0 saturated carbocycles. The summed E-state index contributed by atoms with van der Waals surface area (Å²) in [4.78, 5) is 48.6. The molecule has 74 heavy (non-hydrogen) atoms. The lowest BCUT2D eigenvalue weighted by Gasteiger charge is -2.21. The first-order valence-electron chi connectivity index (χ1n) is 30.5. The Morgan fingerprint density at radius 2 is 0.703 bits per heavy atom. The third-order valence-electron chi connectivity index (χ3n) is 13.2. The topological polar surface area (TPSA) is 155 Å². The van der Waals surface area contributed by atoms with Gasteiger partial charge >= 0.3 is 25.7 Å². The largest absolute Gasteiger partial charge is 0.472 e. The van der Waals surface area contributed by atoms with Gasteiger partial charge in [0.1, 0.15) is 12.7 Å². The Morgan fingerprint density at radius 1 is 0.392 bits per heavy atom. The van der Waals surface area contributed by atoms with Crippen LogP contribution in [0.5, 0.6) is 0 Å². The molecule has 432 valence electrons. The predicted molar refractivity (Wildman–Crippen MR) is 307 cm³/mol. The number of hydrogen-bond acceptors (Lipinski definition) is 10. The average Bonchev–Trinajstić information content (AvgIpc) is 3.39. The molecule has 0 bridgehead atoms. The minimum absolute atomic E-state index is 0.159. The third kappa shape index (κ3) is 54.2. The van der Waals surface area contributed by atoms with Gasteiger partial charge in [0.25, 0.3) is 0 Å². The van der Waals surface area contributed by atoms with E-state index in [-0.39, 0.29) is 25.9 Å². The molecule has 0 aliphatic carbocycles. The van der Waals surface area contributed by atoms with E-state index in [4.69, 9.17) is 23.3 Å².